The van der Waals surface area contributed by atoms with Crippen LogP contribution in [0.5, 0.6) is 5.75 Å². The number of nitrogens with one attached hydrogen (secondary N) is 1. The zero-order valence-electron chi connectivity index (χ0n) is 17.4. The van der Waals surface area contributed by atoms with E-state index in [2.05, 4.69) is 29.0 Å². The van der Waals surface area contributed by atoms with Crippen molar-refractivity contribution in [3.8, 4) is 5.75 Å². The van der Waals surface area contributed by atoms with E-state index in [1.807, 2.05) is 24.3 Å². The monoisotopic (exact) mass is 395 g/mol. The van der Waals surface area contributed by atoms with Crippen molar-refractivity contribution in [1.29, 1.82) is 0 Å². The van der Waals surface area contributed by atoms with Gasteiger partial charge in [-0.3, -0.25) is 4.79 Å². The van der Waals surface area contributed by atoms with Gasteiger partial charge in [-0.2, -0.15) is 4.98 Å². The SMILES string of the molecule is CCN1CCN(c2nc3c(c(Nc4ccc(OC)cc4)n2)C(=O)CC(C)C3)CC1. The maximum absolute atomic E-state index is 12.8. The number of benzene rings is 1. The molecule has 0 saturated carbocycles. The Hall–Kier alpha value is -2.67. The van der Waals surface area contributed by atoms with Gasteiger partial charge in [0.2, 0.25) is 5.95 Å². The van der Waals surface area contributed by atoms with Gasteiger partial charge in [-0.05, 0) is 43.1 Å². The number of Topliss-reactive ketones (excluding diaryl/α,β-unsaturated/α-hetero) is 1. The van der Waals surface area contributed by atoms with E-state index < -0.39 is 0 Å². The van der Waals surface area contributed by atoms with Crippen molar-refractivity contribution in [2.75, 3.05) is 50.1 Å². The lowest BCUT2D eigenvalue weighted by Gasteiger charge is -2.35. The van der Waals surface area contributed by atoms with Crippen molar-refractivity contribution in [3.05, 3.63) is 35.5 Å². The highest BCUT2D eigenvalue weighted by Gasteiger charge is 2.30. The molecule has 154 valence electrons. The fourth-order valence-electron chi connectivity index (χ4n) is 4.06. The highest BCUT2D eigenvalue weighted by atomic mass is 16.5. The number of piperazine rings is 1. The molecule has 1 aliphatic carbocycles. The van der Waals surface area contributed by atoms with E-state index in [9.17, 15) is 4.79 Å². The minimum absolute atomic E-state index is 0.122. The van der Waals surface area contributed by atoms with Crippen molar-refractivity contribution in [2.45, 2.75) is 26.7 Å². The predicted octanol–water partition coefficient (Wildman–Crippen LogP) is 3.14. The normalized spacial score (nSPS) is 19.8. The summed E-state index contributed by atoms with van der Waals surface area (Å²) in [6, 6.07) is 7.65. The Morgan fingerprint density at radius 2 is 1.83 bits per heavy atom. The first-order chi connectivity index (χ1) is 14.1. The first kappa shape index (κ1) is 19.6. The largest absolute Gasteiger partial charge is 0.497 e. The van der Waals surface area contributed by atoms with Gasteiger partial charge in [0.1, 0.15) is 11.6 Å². The number of carbonyl (C=O) groups excluding carboxylic acids is 1. The topological polar surface area (TPSA) is 70.6 Å². The minimum atomic E-state index is 0.122. The van der Waals surface area contributed by atoms with E-state index >= 15 is 0 Å². The molecule has 1 unspecified atom stereocenters. The molecule has 1 aromatic heterocycles. The molecule has 0 radical (unpaired) electrons. The zero-order valence-corrected chi connectivity index (χ0v) is 17.4. The minimum Gasteiger partial charge on any atom is -0.497 e. The first-order valence-electron chi connectivity index (χ1n) is 10.4. The molecule has 1 atom stereocenters. The van der Waals surface area contributed by atoms with E-state index in [-0.39, 0.29) is 5.78 Å². The van der Waals surface area contributed by atoms with Crippen LogP contribution in [0.3, 0.4) is 0 Å². The summed E-state index contributed by atoms with van der Waals surface area (Å²) in [6.07, 6.45) is 1.35. The number of hydrogen-bond donors (Lipinski definition) is 1. The van der Waals surface area contributed by atoms with Crippen LogP contribution < -0.4 is 15.0 Å². The standard InChI is InChI=1S/C22H29N5O2/c1-4-26-9-11-27(12-10-26)22-24-18-13-15(2)14-19(28)20(18)21(25-22)23-16-5-7-17(29-3)8-6-16/h5-8,15H,4,9-14H2,1-3H3,(H,23,24,25). The van der Waals surface area contributed by atoms with Crippen LogP contribution in [0.15, 0.2) is 24.3 Å². The van der Waals surface area contributed by atoms with Crippen LogP contribution in [0.25, 0.3) is 0 Å². The van der Waals surface area contributed by atoms with Gasteiger partial charge >= 0.3 is 0 Å². The van der Waals surface area contributed by atoms with Crippen LogP contribution in [-0.2, 0) is 6.42 Å². The van der Waals surface area contributed by atoms with E-state index in [1.165, 1.54) is 0 Å². The second-order valence-electron chi connectivity index (χ2n) is 7.91. The van der Waals surface area contributed by atoms with Crippen molar-refractivity contribution >= 4 is 23.2 Å². The van der Waals surface area contributed by atoms with Crippen molar-refractivity contribution in [2.24, 2.45) is 5.92 Å². The van der Waals surface area contributed by atoms with Crippen LogP contribution in [-0.4, -0.2) is 60.5 Å². The van der Waals surface area contributed by atoms with Gasteiger partial charge in [-0.15, -0.1) is 0 Å². The van der Waals surface area contributed by atoms with Crippen molar-refractivity contribution < 1.29 is 9.53 Å². The first-order valence-corrected chi connectivity index (χ1v) is 10.4. The molecule has 2 heterocycles. The number of hydrogen-bond acceptors (Lipinski definition) is 7. The number of carbonyl (C=O) groups is 1. The number of anilines is 3. The molecule has 1 saturated heterocycles. The molecule has 7 nitrogen and oxygen atoms in total. The van der Waals surface area contributed by atoms with Gasteiger partial charge in [0.05, 0.1) is 18.4 Å². The highest BCUT2D eigenvalue weighted by Crippen LogP contribution is 2.32. The lowest BCUT2D eigenvalue weighted by atomic mass is 9.87. The molecule has 0 spiro atoms. The Bertz CT molecular complexity index is 876. The number of aromatic nitrogens is 2. The highest BCUT2D eigenvalue weighted by molar-refractivity contribution is 6.03. The Balaban J connectivity index is 1.68. The van der Waals surface area contributed by atoms with Crippen LogP contribution in [0.1, 0.15) is 36.3 Å². The smallest absolute Gasteiger partial charge is 0.227 e. The summed E-state index contributed by atoms with van der Waals surface area (Å²) in [7, 11) is 1.65. The Morgan fingerprint density at radius 1 is 1.10 bits per heavy atom. The second kappa shape index (κ2) is 8.37. The number of ketones is 1. The summed E-state index contributed by atoms with van der Waals surface area (Å²) in [5.74, 6) is 2.56. The number of likely N-dealkylation sites (N-methyl/N-ethyl adjacent to an activating group) is 1. The average Bonchev–Trinajstić information content (AvgIpc) is 2.73. The number of nitrogens with zero attached hydrogens (tertiary/aromatic N) is 4. The number of methoxy groups -OCH3 is 1. The maximum Gasteiger partial charge on any atom is 0.227 e. The summed E-state index contributed by atoms with van der Waals surface area (Å²) < 4.78 is 5.24. The van der Waals surface area contributed by atoms with Gasteiger partial charge in [0.15, 0.2) is 5.78 Å². The van der Waals surface area contributed by atoms with E-state index in [0.29, 0.717) is 23.7 Å². The lowest BCUT2D eigenvalue weighted by Crippen LogP contribution is -2.47. The van der Waals surface area contributed by atoms with Gasteiger partial charge in [-0.1, -0.05) is 13.8 Å². The molecule has 1 aliphatic heterocycles. The molecule has 7 heteroatoms. The Labute approximate surface area is 172 Å². The van der Waals surface area contributed by atoms with Crippen molar-refractivity contribution in [1.82, 2.24) is 14.9 Å². The van der Waals surface area contributed by atoms with Gasteiger partial charge in [0, 0.05) is 38.3 Å². The van der Waals surface area contributed by atoms with Crippen LogP contribution in [0, 0.1) is 5.92 Å². The maximum atomic E-state index is 12.8. The summed E-state index contributed by atoms with van der Waals surface area (Å²) in [5.41, 5.74) is 2.39. The van der Waals surface area contributed by atoms with Crippen LogP contribution in [0.4, 0.5) is 17.5 Å². The Morgan fingerprint density at radius 3 is 2.48 bits per heavy atom. The van der Waals surface area contributed by atoms with Gasteiger partial charge in [-0.25, -0.2) is 4.98 Å². The number of fused-ring (bicyclic) bond motifs is 1. The molecule has 4 rings (SSSR count). The molecule has 1 N–H and O–H groups in total. The lowest BCUT2D eigenvalue weighted by molar-refractivity contribution is 0.0952. The predicted molar refractivity (Wildman–Crippen MR) is 114 cm³/mol. The fraction of sp³-hybridized carbons (Fsp3) is 0.500. The second-order valence-corrected chi connectivity index (χ2v) is 7.91. The third-order valence-corrected chi connectivity index (χ3v) is 5.78. The summed E-state index contributed by atoms with van der Waals surface area (Å²) in [4.78, 5) is 27.1. The van der Waals surface area contributed by atoms with E-state index in [4.69, 9.17) is 14.7 Å². The molecule has 0 bridgehead atoms. The molecular formula is C22H29N5O2. The molecular weight excluding hydrogens is 366 g/mol. The zero-order chi connectivity index (χ0) is 20.4. The van der Waals surface area contributed by atoms with E-state index in [1.54, 1.807) is 7.11 Å². The summed E-state index contributed by atoms with van der Waals surface area (Å²) in [5, 5.41) is 3.36. The van der Waals surface area contributed by atoms with Crippen LogP contribution in [0.2, 0.25) is 0 Å². The molecule has 1 fully saturated rings. The molecule has 2 aromatic rings. The average molecular weight is 396 g/mol. The Kier molecular flexibility index (Phi) is 5.67. The molecule has 2 aliphatic rings. The van der Waals surface area contributed by atoms with E-state index in [0.717, 1.165) is 62.2 Å². The summed E-state index contributed by atoms with van der Waals surface area (Å²) in [6.45, 7) is 9.18. The third-order valence-electron chi connectivity index (χ3n) is 5.78. The van der Waals surface area contributed by atoms with Gasteiger partial charge < -0.3 is 19.9 Å². The number of rotatable bonds is 5. The van der Waals surface area contributed by atoms with Gasteiger partial charge in [0.25, 0.3) is 0 Å². The quantitative estimate of drug-likeness (QED) is 0.834. The summed E-state index contributed by atoms with van der Waals surface area (Å²) >= 11 is 0. The molecule has 1 aromatic carbocycles. The molecule has 29 heavy (non-hydrogen) atoms. The fourth-order valence-corrected chi connectivity index (χ4v) is 4.06. The molecule has 0 amide bonds. The van der Waals surface area contributed by atoms with Crippen molar-refractivity contribution in [3.63, 3.8) is 0 Å². The van der Waals surface area contributed by atoms with Crippen LogP contribution >= 0.6 is 0 Å². The third kappa shape index (κ3) is 4.19. The number of ether oxygens (including phenoxy) is 1.